The number of fused-ring (bicyclic) bond motifs is 3. The zero-order chi connectivity index (χ0) is 22.9. The molecule has 5 rings (SSSR count). The fraction of sp³-hybridized carbons (Fsp3) is 0.320. The Hall–Kier alpha value is -3.68. The number of benzene rings is 2. The molecule has 0 aliphatic carbocycles. The summed E-state index contributed by atoms with van der Waals surface area (Å²) in [5.41, 5.74) is 2.21. The second-order valence-electron chi connectivity index (χ2n) is 8.42. The molecular formula is C25H25FN4O3. The summed E-state index contributed by atoms with van der Waals surface area (Å²) >= 11 is 0. The Morgan fingerprint density at radius 3 is 2.55 bits per heavy atom. The summed E-state index contributed by atoms with van der Waals surface area (Å²) in [7, 11) is 1.60. The predicted octanol–water partition coefficient (Wildman–Crippen LogP) is 3.04. The van der Waals surface area contributed by atoms with Crippen molar-refractivity contribution in [3.63, 3.8) is 0 Å². The van der Waals surface area contributed by atoms with Crippen molar-refractivity contribution in [3.8, 4) is 17.1 Å². The highest BCUT2D eigenvalue weighted by Gasteiger charge is 2.42. The summed E-state index contributed by atoms with van der Waals surface area (Å²) < 4.78 is 20.9. The maximum absolute atomic E-state index is 13.2. The van der Waals surface area contributed by atoms with Gasteiger partial charge < -0.3 is 19.5 Å². The number of hydrogen-bond acceptors (Lipinski definition) is 4. The number of nitrogens with one attached hydrogen (secondary N) is 1. The number of rotatable bonds is 5. The fourth-order valence-electron chi connectivity index (χ4n) is 4.93. The monoisotopic (exact) mass is 448 g/mol. The third-order valence-corrected chi connectivity index (χ3v) is 6.45. The van der Waals surface area contributed by atoms with Gasteiger partial charge >= 0.3 is 0 Å². The molecule has 0 unspecified atom stereocenters. The molecule has 33 heavy (non-hydrogen) atoms. The summed E-state index contributed by atoms with van der Waals surface area (Å²) in [6.45, 7) is 0.460. The molecule has 2 amide bonds. The second kappa shape index (κ2) is 8.69. The van der Waals surface area contributed by atoms with Gasteiger partial charge in [0.1, 0.15) is 23.1 Å². The van der Waals surface area contributed by atoms with E-state index in [9.17, 15) is 14.0 Å². The van der Waals surface area contributed by atoms with Gasteiger partial charge in [-0.05, 0) is 37.1 Å². The number of ether oxygens (including phenoxy) is 1. The molecular weight excluding hydrogens is 423 g/mol. The van der Waals surface area contributed by atoms with Crippen LogP contribution in [-0.2, 0) is 17.8 Å². The SMILES string of the molecule is CNC(=O)c1nc(-c2ccccc2)n2c1C[C@@H]1CC[C@H](C2)N1C(=O)COc1ccc(F)cc1. The average molecular weight is 448 g/mol. The van der Waals surface area contributed by atoms with E-state index in [4.69, 9.17) is 9.72 Å². The first-order chi connectivity index (χ1) is 16.0. The van der Waals surface area contributed by atoms with Crippen molar-refractivity contribution in [1.29, 1.82) is 0 Å². The van der Waals surface area contributed by atoms with E-state index in [0.29, 0.717) is 24.4 Å². The largest absolute Gasteiger partial charge is 0.484 e. The first-order valence-corrected chi connectivity index (χ1v) is 11.1. The summed E-state index contributed by atoms with van der Waals surface area (Å²) in [6.07, 6.45) is 2.31. The lowest BCUT2D eigenvalue weighted by Gasteiger charge is -2.28. The second-order valence-corrected chi connectivity index (χ2v) is 8.42. The number of carbonyl (C=O) groups excluding carboxylic acids is 2. The number of imidazole rings is 1. The lowest BCUT2D eigenvalue weighted by molar-refractivity contribution is -0.136. The number of nitrogens with zero attached hydrogens (tertiary/aromatic N) is 3. The quantitative estimate of drug-likeness (QED) is 0.651. The molecule has 2 aliphatic rings. The van der Waals surface area contributed by atoms with Crippen LogP contribution in [0.15, 0.2) is 54.6 Å². The van der Waals surface area contributed by atoms with Crippen molar-refractivity contribution in [3.05, 3.63) is 71.8 Å². The predicted molar refractivity (Wildman–Crippen MR) is 120 cm³/mol. The number of halogens is 1. The van der Waals surface area contributed by atoms with Crippen LogP contribution in [0.5, 0.6) is 5.75 Å². The highest BCUT2D eigenvalue weighted by molar-refractivity contribution is 5.94. The minimum atomic E-state index is -0.351. The van der Waals surface area contributed by atoms with Crippen LogP contribution < -0.4 is 10.1 Å². The van der Waals surface area contributed by atoms with Crippen molar-refractivity contribution in [2.75, 3.05) is 13.7 Å². The first kappa shape index (κ1) is 21.2. The normalized spacial score (nSPS) is 19.0. The highest BCUT2D eigenvalue weighted by Crippen LogP contribution is 2.35. The molecule has 2 atom stereocenters. The summed E-state index contributed by atoms with van der Waals surface area (Å²) in [4.78, 5) is 32.4. The third-order valence-electron chi connectivity index (χ3n) is 6.45. The molecule has 2 aliphatic heterocycles. The molecule has 0 radical (unpaired) electrons. The van der Waals surface area contributed by atoms with Gasteiger partial charge in [-0.25, -0.2) is 9.37 Å². The van der Waals surface area contributed by atoms with Crippen molar-refractivity contribution >= 4 is 11.8 Å². The van der Waals surface area contributed by atoms with E-state index in [-0.39, 0.29) is 36.3 Å². The van der Waals surface area contributed by atoms with Crippen LogP contribution in [0, 0.1) is 5.82 Å². The van der Waals surface area contributed by atoms with E-state index in [1.807, 2.05) is 35.2 Å². The van der Waals surface area contributed by atoms with Crippen molar-refractivity contribution in [1.82, 2.24) is 19.8 Å². The van der Waals surface area contributed by atoms with E-state index < -0.39 is 0 Å². The maximum Gasteiger partial charge on any atom is 0.271 e. The van der Waals surface area contributed by atoms with Gasteiger partial charge in [-0.1, -0.05) is 30.3 Å². The van der Waals surface area contributed by atoms with E-state index in [1.54, 1.807) is 7.05 Å². The number of hydrogen-bond donors (Lipinski definition) is 1. The number of amides is 2. The minimum absolute atomic E-state index is 0.00484. The van der Waals surface area contributed by atoms with Gasteiger partial charge in [0.25, 0.3) is 11.8 Å². The molecule has 3 heterocycles. The first-order valence-electron chi connectivity index (χ1n) is 11.1. The Morgan fingerprint density at radius 1 is 1.09 bits per heavy atom. The van der Waals surface area contributed by atoms with Crippen LogP contribution in [0.4, 0.5) is 4.39 Å². The molecule has 0 spiro atoms. The summed E-state index contributed by atoms with van der Waals surface area (Å²) in [5.74, 6) is 0.516. The molecule has 2 bridgehead atoms. The van der Waals surface area contributed by atoms with Gasteiger partial charge in [-0.2, -0.15) is 0 Å². The van der Waals surface area contributed by atoms with Crippen LogP contribution in [0.1, 0.15) is 29.0 Å². The van der Waals surface area contributed by atoms with Gasteiger partial charge in [-0.3, -0.25) is 9.59 Å². The summed E-state index contributed by atoms with van der Waals surface area (Å²) in [5, 5.41) is 2.70. The lowest BCUT2D eigenvalue weighted by atomic mass is 10.1. The smallest absolute Gasteiger partial charge is 0.271 e. The van der Waals surface area contributed by atoms with Crippen LogP contribution >= 0.6 is 0 Å². The van der Waals surface area contributed by atoms with Gasteiger partial charge in [0, 0.05) is 31.6 Å². The zero-order valence-electron chi connectivity index (χ0n) is 18.3. The molecule has 1 N–H and O–H groups in total. The molecule has 7 nitrogen and oxygen atoms in total. The molecule has 1 fully saturated rings. The van der Waals surface area contributed by atoms with Crippen LogP contribution in [0.25, 0.3) is 11.4 Å². The summed E-state index contributed by atoms with van der Waals surface area (Å²) in [6, 6.07) is 15.4. The lowest BCUT2D eigenvalue weighted by Crippen LogP contribution is -2.44. The van der Waals surface area contributed by atoms with Crippen LogP contribution in [0.3, 0.4) is 0 Å². The maximum atomic E-state index is 13.2. The fourth-order valence-corrected chi connectivity index (χ4v) is 4.93. The van der Waals surface area contributed by atoms with Crippen molar-refractivity contribution < 1.29 is 18.7 Å². The van der Waals surface area contributed by atoms with Crippen molar-refractivity contribution in [2.24, 2.45) is 0 Å². The van der Waals surface area contributed by atoms with Gasteiger partial charge in [-0.15, -0.1) is 0 Å². The Balaban J connectivity index is 1.43. The third kappa shape index (κ3) is 3.97. The van der Waals surface area contributed by atoms with E-state index in [2.05, 4.69) is 9.88 Å². The topological polar surface area (TPSA) is 76.5 Å². The van der Waals surface area contributed by atoms with Gasteiger partial charge in [0.2, 0.25) is 0 Å². The highest BCUT2D eigenvalue weighted by atomic mass is 19.1. The number of carbonyl (C=O) groups is 2. The molecule has 3 aromatic rings. The molecule has 0 saturated carbocycles. The number of aromatic nitrogens is 2. The average Bonchev–Trinajstić information content (AvgIpc) is 3.34. The van der Waals surface area contributed by atoms with E-state index in [0.717, 1.165) is 29.9 Å². The molecule has 1 aromatic heterocycles. The minimum Gasteiger partial charge on any atom is -0.484 e. The molecule has 1 saturated heterocycles. The van der Waals surface area contributed by atoms with Crippen molar-refractivity contribution in [2.45, 2.75) is 37.9 Å². The zero-order valence-corrected chi connectivity index (χ0v) is 18.3. The Kier molecular flexibility index (Phi) is 5.58. The Labute approximate surface area is 191 Å². The van der Waals surface area contributed by atoms with Gasteiger partial charge in [0.15, 0.2) is 6.61 Å². The molecule has 2 aromatic carbocycles. The Bertz CT molecular complexity index is 1180. The van der Waals surface area contributed by atoms with E-state index in [1.165, 1.54) is 24.3 Å². The standard InChI is InChI=1S/C25H25FN4O3/c1-27-25(32)23-21-13-18-9-10-19(14-29(21)24(28-23)16-5-3-2-4-6-16)30(18)22(31)15-33-20-11-7-17(26)8-12-20/h2-8,11-12,18-19H,9-10,13-15H2,1H3,(H,27,32)/t18-,19+/m0/s1. The molecule has 8 heteroatoms. The molecule has 170 valence electrons. The Morgan fingerprint density at radius 2 is 1.82 bits per heavy atom. The van der Waals surface area contributed by atoms with Crippen LogP contribution in [-0.4, -0.2) is 52.0 Å². The van der Waals surface area contributed by atoms with Crippen LogP contribution in [0.2, 0.25) is 0 Å². The van der Waals surface area contributed by atoms with E-state index >= 15 is 0 Å². The van der Waals surface area contributed by atoms with Gasteiger partial charge in [0.05, 0.1) is 11.7 Å².